The molecule has 0 spiro atoms. The zero-order chi connectivity index (χ0) is 14.9. The number of hydrogen-bond acceptors (Lipinski definition) is 2. The first-order valence-electron chi connectivity index (χ1n) is 6.91. The van der Waals surface area contributed by atoms with Gasteiger partial charge in [-0.1, -0.05) is 43.0 Å². The van der Waals surface area contributed by atoms with E-state index in [1.54, 1.807) is 17.0 Å². The molecule has 0 aromatic heterocycles. The Bertz CT molecular complexity index is 519. The summed E-state index contributed by atoms with van der Waals surface area (Å²) in [7, 11) is 1.83. The minimum atomic E-state index is -0.108. The van der Waals surface area contributed by atoms with Crippen LogP contribution in [0.25, 0.3) is 0 Å². The molecule has 1 aromatic rings. The number of hydrogen-bond donors (Lipinski definition) is 1. The van der Waals surface area contributed by atoms with Crippen molar-refractivity contribution in [1.82, 2.24) is 4.90 Å². The van der Waals surface area contributed by atoms with Crippen LogP contribution in [0.15, 0.2) is 12.1 Å². The third-order valence-corrected chi connectivity index (χ3v) is 4.86. The van der Waals surface area contributed by atoms with E-state index < -0.39 is 0 Å². The number of anilines is 1. The first-order valence-corrected chi connectivity index (χ1v) is 7.67. The monoisotopic (exact) mass is 314 g/mol. The zero-order valence-electron chi connectivity index (χ0n) is 11.8. The molecule has 20 heavy (non-hydrogen) atoms. The van der Waals surface area contributed by atoms with Gasteiger partial charge >= 0.3 is 0 Å². The summed E-state index contributed by atoms with van der Waals surface area (Å²) in [6, 6.07) is 3.42. The molecule has 0 saturated heterocycles. The second kappa shape index (κ2) is 6.23. The SMILES string of the molecule is CC1CCCC(N(C)C(=O)c2cc(N)cc(Cl)c2Cl)C1. The van der Waals surface area contributed by atoms with Crippen molar-refractivity contribution in [3.63, 3.8) is 0 Å². The van der Waals surface area contributed by atoms with Crippen molar-refractivity contribution in [2.75, 3.05) is 12.8 Å². The Morgan fingerprint density at radius 2 is 2.05 bits per heavy atom. The maximum Gasteiger partial charge on any atom is 0.255 e. The van der Waals surface area contributed by atoms with Crippen molar-refractivity contribution in [2.45, 2.75) is 38.6 Å². The zero-order valence-corrected chi connectivity index (χ0v) is 13.3. The molecule has 1 fully saturated rings. The lowest BCUT2D eigenvalue weighted by Crippen LogP contribution is -2.40. The first kappa shape index (κ1) is 15.5. The van der Waals surface area contributed by atoms with Crippen LogP contribution in [0.4, 0.5) is 5.69 Å². The van der Waals surface area contributed by atoms with E-state index in [0.717, 1.165) is 19.3 Å². The van der Waals surface area contributed by atoms with Gasteiger partial charge in [-0.25, -0.2) is 0 Å². The average molecular weight is 315 g/mol. The minimum absolute atomic E-state index is 0.108. The Morgan fingerprint density at radius 3 is 2.70 bits per heavy atom. The normalized spacial score (nSPS) is 22.6. The van der Waals surface area contributed by atoms with Crippen molar-refractivity contribution in [3.05, 3.63) is 27.7 Å². The topological polar surface area (TPSA) is 46.3 Å². The van der Waals surface area contributed by atoms with Gasteiger partial charge in [-0.05, 0) is 30.9 Å². The lowest BCUT2D eigenvalue weighted by Gasteiger charge is -2.34. The van der Waals surface area contributed by atoms with Gasteiger partial charge in [-0.3, -0.25) is 4.79 Å². The molecule has 0 heterocycles. The number of amides is 1. The van der Waals surface area contributed by atoms with Crippen LogP contribution in [-0.2, 0) is 0 Å². The van der Waals surface area contributed by atoms with Crippen LogP contribution in [0.1, 0.15) is 43.0 Å². The molecule has 1 aliphatic rings. The largest absolute Gasteiger partial charge is 0.399 e. The number of carbonyl (C=O) groups is 1. The maximum atomic E-state index is 12.6. The second-order valence-electron chi connectivity index (χ2n) is 5.71. The Morgan fingerprint density at radius 1 is 1.35 bits per heavy atom. The number of carbonyl (C=O) groups excluding carboxylic acids is 1. The fourth-order valence-corrected chi connectivity index (χ4v) is 3.29. The molecule has 1 aromatic carbocycles. The standard InChI is InChI=1S/C15H20Cl2N2O/c1-9-4-3-5-11(6-9)19(2)15(20)12-7-10(18)8-13(16)14(12)17/h7-9,11H,3-6,18H2,1-2H3. The number of halogens is 2. The number of nitrogens with two attached hydrogens (primary N) is 1. The van der Waals surface area contributed by atoms with Crippen molar-refractivity contribution >= 4 is 34.8 Å². The van der Waals surface area contributed by atoms with Gasteiger partial charge in [0, 0.05) is 18.8 Å². The third kappa shape index (κ3) is 3.21. The van der Waals surface area contributed by atoms with Crippen molar-refractivity contribution in [2.24, 2.45) is 5.92 Å². The summed E-state index contributed by atoms with van der Waals surface area (Å²) < 4.78 is 0. The Hall–Kier alpha value is -0.930. The van der Waals surface area contributed by atoms with Crippen LogP contribution >= 0.6 is 23.2 Å². The van der Waals surface area contributed by atoms with Crippen LogP contribution in [-0.4, -0.2) is 23.9 Å². The van der Waals surface area contributed by atoms with E-state index in [1.165, 1.54) is 6.42 Å². The highest BCUT2D eigenvalue weighted by atomic mass is 35.5. The molecule has 0 aliphatic heterocycles. The predicted molar refractivity (Wildman–Crippen MR) is 84.4 cm³/mol. The van der Waals surface area contributed by atoms with E-state index in [1.807, 2.05) is 7.05 Å². The first-order chi connectivity index (χ1) is 9.40. The molecule has 2 unspecified atom stereocenters. The van der Waals surface area contributed by atoms with Crippen molar-refractivity contribution in [3.8, 4) is 0 Å². The lowest BCUT2D eigenvalue weighted by atomic mass is 9.86. The van der Waals surface area contributed by atoms with E-state index >= 15 is 0 Å². The van der Waals surface area contributed by atoms with Gasteiger partial charge in [0.15, 0.2) is 0 Å². The van der Waals surface area contributed by atoms with Gasteiger partial charge in [-0.2, -0.15) is 0 Å². The van der Waals surface area contributed by atoms with Gasteiger partial charge in [0.2, 0.25) is 0 Å². The molecule has 3 nitrogen and oxygen atoms in total. The average Bonchev–Trinajstić information content (AvgIpc) is 2.41. The summed E-state index contributed by atoms with van der Waals surface area (Å²) in [6.45, 7) is 2.23. The molecular weight excluding hydrogens is 295 g/mol. The van der Waals surface area contributed by atoms with Gasteiger partial charge in [0.1, 0.15) is 0 Å². The molecule has 5 heteroatoms. The summed E-state index contributed by atoms with van der Waals surface area (Å²) >= 11 is 12.1. The molecule has 2 atom stereocenters. The Balaban J connectivity index is 2.22. The van der Waals surface area contributed by atoms with Crippen LogP contribution in [0.2, 0.25) is 10.0 Å². The molecule has 1 aliphatic carbocycles. The number of benzene rings is 1. The smallest absolute Gasteiger partial charge is 0.255 e. The summed E-state index contributed by atoms with van der Waals surface area (Å²) in [5, 5.41) is 0.599. The van der Waals surface area contributed by atoms with Crippen LogP contribution in [0, 0.1) is 5.92 Å². The fraction of sp³-hybridized carbons (Fsp3) is 0.533. The molecule has 0 bridgehead atoms. The highest BCUT2D eigenvalue weighted by Gasteiger charge is 2.27. The third-order valence-electron chi connectivity index (χ3n) is 4.06. The van der Waals surface area contributed by atoms with Gasteiger partial charge in [0.05, 0.1) is 15.6 Å². The minimum Gasteiger partial charge on any atom is -0.399 e. The Labute approximate surface area is 130 Å². The summed E-state index contributed by atoms with van der Waals surface area (Å²) in [4.78, 5) is 14.4. The molecule has 0 radical (unpaired) electrons. The van der Waals surface area contributed by atoms with Crippen molar-refractivity contribution < 1.29 is 4.79 Å². The Kier molecular flexibility index (Phi) is 4.82. The van der Waals surface area contributed by atoms with E-state index in [2.05, 4.69) is 6.92 Å². The summed E-state index contributed by atoms with van der Waals surface area (Å²) in [6.07, 6.45) is 4.48. The van der Waals surface area contributed by atoms with Gasteiger partial charge in [0.25, 0.3) is 5.91 Å². The van der Waals surface area contributed by atoms with Crippen LogP contribution in [0.5, 0.6) is 0 Å². The summed E-state index contributed by atoms with van der Waals surface area (Å²) in [5.74, 6) is 0.548. The second-order valence-corrected chi connectivity index (χ2v) is 6.49. The van der Waals surface area contributed by atoms with E-state index in [-0.39, 0.29) is 17.0 Å². The maximum absolute atomic E-state index is 12.6. The van der Waals surface area contributed by atoms with Crippen molar-refractivity contribution in [1.29, 1.82) is 0 Å². The lowest BCUT2D eigenvalue weighted by molar-refractivity contribution is 0.0672. The van der Waals surface area contributed by atoms with E-state index in [4.69, 9.17) is 28.9 Å². The summed E-state index contributed by atoms with van der Waals surface area (Å²) in [5.41, 5.74) is 6.59. The van der Waals surface area contributed by atoms with E-state index in [0.29, 0.717) is 22.2 Å². The molecule has 110 valence electrons. The number of nitrogen functional groups attached to an aromatic ring is 1. The molecule has 2 rings (SSSR count). The molecule has 2 N–H and O–H groups in total. The number of rotatable bonds is 2. The van der Waals surface area contributed by atoms with E-state index in [9.17, 15) is 4.79 Å². The molecule has 1 saturated carbocycles. The highest BCUT2D eigenvalue weighted by molar-refractivity contribution is 6.44. The van der Waals surface area contributed by atoms with Crippen LogP contribution in [0.3, 0.4) is 0 Å². The van der Waals surface area contributed by atoms with Crippen LogP contribution < -0.4 is 5.73 Å². The van der Waals surface area contributed by atoms with Gasteiger partial charge < -0.3 is 10.6 Å². The quantitative estimate of drug-likeness (QED) is 0.830. The molecule has 1 amide bonds. The fourth-order valence-electron chi connectivity index (χ4n) is 2.88. The highest BCUT2D eigenvalue weighted by Crippen LogP contribution is 2.32. The number of nitrogens with zero attached hydrogens (tertiary/aromatic N) is 1. The molecular formula is C15H20Cl2N2O. The predicted octanol–water partition coefficient (Wildman–Crippen LogP) is 4.23. The van der Waals surface area contributed by atoms with Gasteiger partial charge in [-0.15, -0.1) is 0 Å².